The van der Waals surface area contributed by atoms with Crippen LogP contribution in [0.4, 0.5) is 5.69 Å². The predicted molar refractivity (Wildman–Crippen MR) is 86.8 cm³/mol. The molecule has 1 amide bonds. The van der Waals surface area contributed by atoms with E-state index in [1.165, 1.54) is 0 Å². The third-order valence-electron chi connectivity index (χ3n) is 3.21. The largest absolute Gasteiger partial charge is 0.392 e. The Balaban J connectivity index is 1.87. The highest BCUT2D eigenvalue weighted by Gasteiger charge is 2.07. The number of amides is 1. The van der Waals surface area contributed by atoms with Crippen LogP contribution in [0.15, 0.2) is 42.5 Å². The first-order valence-corrected chi connectivity index (χ1v) is 7.29. The van der Waals surface area contributed by atoms with Crippen LogP contribution in [0.2, 0.25) is 5.02 Å². The zero-order chi connectivity index (χ0) is 15.9. The van der Waals surface area contributed by atoms with Gasteiger partial charge in [0.25, 0.3) is 0 Å². The van der Waals surface area contributed by atoms with Crippen LogP contribution in [0.5, 0.6) is 0 Å². The molecule has 0 saturated heterocycles. The van der Waals surface area contributed by atoms with Gasteiger partial charge in [-0.15, -0.1) is 0 Å². The van der Waals surface area contributed by atoms with E-state index < -0.39 is 0 Å². The molecule has 5 heteroatoms. The van der Waals surface area contributed by atoms with Gasteiger partial charge in [0, 0.05) is 10.7 Å². The minimum Gasteiger partial charge on any atom is -0.392 e. The van der Waals surface area contributed by atoms with E-state index in [9.17, 15) is 4.79 Å². The van der Waals surface area contributed by atoms with Crippen molar-refractivity contribution in [3.63, 3.8) is 0 Å². The van der Waals surface area contributed by atoms with E-state index >= 15 is 0 Å². The Kier molecular flexibility index (Phi) is 5.95. The highest BCUT2D eigenvalue weighted by Crippen LogP contribution is 2.18. The average molecular weight is 320 g/mol. The Morgan fingerprint density at radius 1 is 1.27 bits per heavy atom. The van der Waals surface area contributed by atoms with Gasteiger partial charge in [-0.2, -0.15) is 0 Å². The summed E-state index contributed by atoms with van der Waals surface area (Å²) in [7, 11) is 0. The molecular weight excluding hydrogens is 302 g/mol. The summed E-state index contributed by atoms with van der Waals surface area (Å²) in [6.45, 7) is 2.05. The normalized spacial score (nSPS) is 10.5. The van der Waals surface area contributed by atoms with Gasteiger partial charge in [-0.1, -0.05) is 41.9 Å². The summed E-state index contributed by atoms with van der Waals surface area (Å²) < 4.78 is 5.39. The van der Waals surface area contributed by atoms with E-state index in [1.807, 2.05) is 37.3 Å². The molecule has 0 heterocycles. The molecule has 0 spiro atoms. The van der Waals surface area contributed by atoms with Crippen LogP contribution in [0.25, 0.3) is 0 Å². The maximum atomic E-state index is 11.9. The summed E-state index contributed by atoms with van der Waals surface area (Å²) in [4.78, 5) is 11.9. The number of benzene rings is 2. The monoisotopic (exact) mass is 319 g/mol. The summed E-state index contributed by atoms with van der Waals surface area (Å²) in [6, 6.07) is 12.8. The Hall–Kier alpha value is -1.88. The fourth-order valence-corrected chi connectivity index (χ4v) is 2.15. The lowest BCUT2D eigenvalue weighted by atomic mass is 10.1. The number of carbonyl (C=O) groups excluding carboxylic acids is 1. The molecule has 0 unspecified atom stereocenters. The molecule has 0 fully saturated rings. The van der Waals surface area contributed by atoms with Gasteiger partial charge in [-0.25, -0.2) is 0 Å². The van der Waals surface area contributed by atoms with Crippen LogP contribution in [0.1, 0.15) is 16.7 Å². The molecule has 0 saturated carbocycles. The fourth-order valence-electron chi connectivity index (χ4n) is 1.96. The van der Waals surface area contributed by atoms with E-state index in [1.54, 1.807) is 12.1 Å². The Morgan fingerprint density at radius 3 is 2.77 bits per heavy atom. The maximum absolute atomic E-state index is 11.9. The fraction of sp³-hybridized carbons (Fsp3) is 0.235. The number of aliphatic hydroxyl groups is 1. The van der Waals surface area contributed by atoms with Crippen LogP contribution >= 0.6 is 11.6 Å². The van der Waals surface area contributed by atoms with Crippen molar-refractivity contribution >= 4 is 23.2 Å². The van der Waals surface area contributed by atoms with Gasteiger partial charge in [0.05, 0.1) is 13.2 Å². The standard InChI is InChI=1S/C17H18ClNO3/c1-12-6-7-13(9-20)8-16(12)19-17(21)11-22-10-14-4-2-3-5-15(14)18/h2-8,20H,9-11H2,1H3,(H,19,21). The quantitative estimate of drug-likeness (QED) is 0.859. The Bertz CT molecular complexity index is 658. The molecule has 2 rings (SSSR count). The van der Waals surface area contributed by atoms with Crippen LogP contribution in [-0.4, -0.2) is 17.6 Å². The second-order valence-electron chi connectivity index (χ2n) is 4.94. The van der Waals surface area contributed by atoms with E-state index in [0.717, 1.165) is 16.7 Å². The van der Waals surface area contributed by atoms with Crippen molar-refractivity contribution in [3.8, 4) is 0 Å². The number of nitrogens with one attached hydrogen (secondary N) is 1. The SMILES string of the molecule is Cc1ccc(CO)cc1NC(=O)COCc1ccccc1Cl. The van der Waals surface area contributed by atoms with Gasteiger partial charge in [-0.05, 0) is 35.7 Å². The number of rotatable bonds is 6. The molecular formula is C17H18ClNO3. The molecule has 2 aromatic carbocycles. The Morgan fingerprint density at radius 2 is 2.05 bits per heavy atom. The summed E-state index contributed by atoms with van der Waals surface area (Å²) in [5.41, 5.74) is 3.20. The van der Waals surface area contributed by atoms with E-state index in [4.69, 9.17) is 21.4 Å². The first-order valence-electron chi connectivity index (χ1n) is 6.91. The smallest absolute Gasteiger partial charge is 0.250 e. The number of aliphatic hydroxyl groups excluding tert-OH is 1. The Labute approximate surface area is 134 Å². The first-order chi connectivity index (χ1) is 10.6. The lowest BCUT2D eigenvalue weighted by Crippen LogP contribution is -2.19. The molecule has 22 heavy (non-hydrogen) atoms. The highest BCUT2D eigenvalue weighted by molar-refractivity contribution is 6.31. The number of ether oxygens (including phenoxy) is 1. The molecule has 4 nitrogen and oxygen atoms in total. The molecule has 0 aliphatic rings. The van der Waals surface area contributed by atoms with Gasteiger partial charge in [0.1, 0.15) is 6.61 Å². The van der Waals surface area contributed by atoms with Crippen LogP contribution < -0.4 is 5.32 Å². The zero-order valence-electron chi connectivity index (χ0n) is 12.3. The van der Waals surface area contributed by atoms with Gasteiger partial charge < -0.3 is 15.2 Å². The van der Waals surface area contributed by atoms with Crippen molar-refractivity contribution < 1.29 is 14.6 Å². The van der Waals surface area contributed by atoms with E-state index in [2.05, 4.69) is 5.32 Å². The third kappa shape index (κ3) is 4.56. The van der Waals surface area contributed by atoms with Crippen molar-refractivity contribution in [1.29, 1.82) is 0 Å². The first kappa shape index (κ1) is 16.5. The predicted octanol–water partition coefficient (Wildman–Crippen LogP) is 3.30. The molecule has 0 atom stereocenters. The average Bonchev–Trinajstić information content (AvgIpc) is 2.51. The molecule has 2 N–H and O–H groups in total. The van der Waals surface area contributed by atoms with Crippen LogP contribution in [0, 0.1) is 6.92 Å². The van der Waals surface area contributed by atoms with Crippen LogP contribution in [-0.2, 0) is 22.7 Å². The molecule has 0 bridgehead atoms. The van der Waals surface area contributed by atoms with Gasteiger partial charge in [0.2, 0.25) is 5.91 Å². The molecule has 0 aromatic heterocycles. The molecule has 0 aliphatic heterocycles. The number of hydrogen-bond donors (Lipinski definition) is 2. The number of aryl methyl sites for hydroxylation is 1. The minimum absolute atomic E-state index is 0.0615. The molecule has 2 aromatic rings. The zero-order valence-corrected chi connectivity index (χ0v) is 13.1. The molecule has 116 valence electrons. The summed E-state index contributed by atoms with van der Waals surface area (Å²) in [5, 5.41) is 12.5. The number of hydrogen-bond acceptors (Lipinski definition) is 3. The van der Waals surface area contributed by atoms with Gasteiger partial charge in [-0.3, -0.25) is 4.79 Å². The van der Waals surface area contributed by atoms with Crippen molar-refractivity contribution in [2.75, 3.05) is 11.9 Å². The molecule has 0 radical (unpaired) electrons. The molecule has 0 aliphatic carbocycles. The highest BCUT2D eigenvalue weighted by atomic mass is 35.5. The number of carbonyl (C=O) groups is 1. The van der Waals surface area contributed by atoms with Gasteiger partial charge in [0.15, 0.2) is 0 Å². The third-order valence-corrected chi connectivity index (χ3v) is 3.58. The maximum Gasteiger partial charge on any atom is 0.250 e. The topological polar surface area (TPSA) is 58.6 Å². The second-order valence-corrected chi connectivity index (χ2v) is 5.35. The minimum atomic E-state index is -0.245. The van der Waals surface area contributed by atoms with E-state index in [-0.39, 0.29) is 25.7 Å². The van der Waals surface area contributed by atoms with Crippen molar-refractivity contribution in [2.24, 2.45) is 0 Å². The second kappa shape index (κ2) is 7.94. The lowest BCUT2D eigenvalue weighted by molar-refractivity contribution is -0.121. The summed E-state index contributed by atoms with van der Waals surface area (Å²) in [5.74, 6) is -0.245. The van der Waals surface area contributed by atoms with E-state index in [0.29, 0.717) is 10.7 Å². The summed E-state index contributed by atoms with van der Waals surface area (Å²) >= 11 is 6.02. The van der Waals surface area contributed by atoms with Crippen molar-refractivity contribution in [2.45, 2.75) is 20.1 Å². The van der Waals surface area contributed by atoms with Gasteiger partial charge >= 0.3 is 0 Å². The number of halogens is 1. The van der Waals surface area contributed by atoms with Crippen molar-refractivity contribution in [1.82, 2.24) is 0 Å². The van der Waals surface area contributed by atoms with Crippen molar-refractivity contribution in [3.05, 3.63) is 64.2 Å². The number of anilines is 1. The lowest BCUT2D eigenvalue weighted by Gasteiger charge is -2.10. The summed E-state index contributed by atoms with van der Waals surface area (Å²) in [6.07, 6.45) is 0. The van der Waals surface area contributed by atoms with Crippen LogP contribution in [0.3, 0.4) is 0 Å².